The molecule has 0 spiro atoms. The Morgan fingerprint density at radius 2 is 1.64 bits per heavy atom. The van der Waals surface area contributed by atoms with Gasteiger partial charge in [-0.3, -0.25) is 0 Å². The van der Waals surface area contributed by atoms with Gasteiger partial charge in [-0.25, -0.2) is 0 Å². The molecule has 0 fully saturated rings. The summed E-state index contributed by atoms with van der Waals surface area (Å²) in [5.74, 6) is 0. The third-order valence-corrected chi connectivity index (χ3v) is 3.30. The summed E-state index contributed by atoms with van der Waals surface area (Å²) in [6.45, 7) is 8.34. The molecule has 0 aromatic heterocycles. The number of hydrogen-bond donors (Lipinski definition) is 1. The molecule has 0 saturated carbocycles. The van der Waals surface area contributed by atoms with E-state index in [9.17, 15) is 0 Å². The van der Waals surface area contributed by atoms with Gasteiger partial charge in [0.15, 0.2) is 0 Å². The van der Waals surface area contributed by atoms with Gasteiger partial charge >= 0.3 is 0 Å². The van der Waals surface area contributed by atoms with Gasteiger partial charge < -0.3 is 10.0 Å². The number of rotatable bonds is 8. The van der Waals surface area contributed by atoms with Crippen molar-refractivity contribution in [3.63, 3.8) is 0 Å². The molecule has 0 amide bonds. The molecule has 0 aliphatic heterocycles. The minimum absolute atomic E-state index is 0.330. The molecule has 0 aliphatic rings. The quantitative estimate of drug-likeness (QED) is 0.610. The molecule has 0 heterocycles. The van der Waals surface area contributed by atoms with Gasteiger partial charge in [-0.1, -0.05) is 19.8 Å². The van der Waals surface area contributed by atoms with Crippen LogP contribution in [-0.4, -0.2) is 35.7 Å². The first-order valence-corrected chi connectivity index (χ1v) is 5.86. The van der Waals surface area contributed by atoms with Crippen molar-refractivity contribution < 1.29 is 5.11 Å². The average molecular weight is 201 g/mol. The molecule has 1 N–H and O–H groups in total. The molecule has 0 aromatic carbocycles. The Kier molecular flexibility index (Phi) is 7.20. The molecule has 0 unspecified atom stereocenters. The molecular formula is C12H27NO. The van der Waals surface area contributed by atoms with Crippen molar-refractivity contribution in [1.82, 2.24) is 4.90 Å². The Hall–Kier alpha value is -0.0800. The first kappa shape index (κ1) is 13.9. The predicted molar refractivity (Wildman–Crippen MR) is 62.6 cm³/mol. The molecule has 2 heteroatoms. The predicted octanol–water partition coefficient (Wildman–Crippen LogP) is 2.66. The summed E-state index contributed by atoms with van der Waals surface area (Å²) in [6.07, 6.45) is 5.81. The van der Waals surface area contributed by atoms with E-state index in [-0.39, 0.29) is 0 Å². The van der Waals surface area contributed by atoms with Gasteiger partial charge in [0, 0.05) is 12.1 Å². The highest BCUT2D eigenvalue weighted by atomic mass is 16.2. The normalized spacial score (nSPS) is 12.4. The second kappa shape index (κ2) is 7.24. The zero-order valence-corrected chi connectivity index (χ0v) is 10.3. The van der Waals surface area contributed by atoms with Crippen LogP contribution >= 0.6 is 0 Å². The van der Waals surface area contributed by atoms with Gasteiger partial charge in [0.25, 0.3) is 0 Å². The van der Waals surface area contributed by atoms with Gasteiger partial charge in [0.2, 0.25) is 0 Å². The summed E-state index contributed by atoms with van der Waals surface area (Å²) < 4.78 is 0. The summed E-state index contributed by atoms with van der Waals surface area (Å²) >= 11 is 0. The Bertz CT molecular complexity index is 134. The maximum Gasteiger partial charge on any atom is 0.0431 e. The zero-order chi connectivity index (χ0) is 11.0. The molecule has 0 bridgehead atoms. The second-order valence-corrected chi connectivity index (χ2v) is 4.73. The van der Waals surface area contributed by atoms with Crippen molar-refractivity contribution in [2.24, 2.45) is 0 Å². The molecule has 2 nitrogen and oxygen atoms in total. The fraction of sp³-hybridized carbons (Fsp3) is 1.00. The maximum atomic E-state index is 8.63. The van der Waals surface area contributed by atoms with E-state index in [1.165, 1.54) is 25.8 Å². The highest BCUT2D eigenvalue weighted by Crippen LogP contribution is 2.16. The lowest BCUT2D eigenvalue weighted by atomic mass is 9.99. The summed E-state index contributed by atoms with van der Waals surface area (Å²) in [7, 11) is 2.20. The van der Waals surface area contributed by atoms with E-state index in [1.807, 2.05) is 0 Å². The first-order chi connectivity index (χ1) is 6.54. The Labute approximate surface area is 89.3 Å². The highest BCUT2D eigenvalue weighted by molar-refractivity contribution is 4.76. The fourth-order valence-electron chi connectivity index (χ4n) is 1.39. The number of nitrogens with zero attached hydrogens (tertiary/aromatic N) is 1. The van der Waals surface area contributed by atoms with Crippen LogP contribution in [0.15, 0.2) is 0 Å². The van der Waals surface area contributed by atoms with Crippen LogP contribution in [0.25, 0.3) is 0 Å². The van der Waals surface area contributed by atoms with Gasteiger partial charge in [0.05, 0.1) is 0 Å². The van der Waals surface area contributed by atoms with Crippen molar-refractivity contribution in [3.05, 3.63) is 0 Å². The molecule has 0 radical (unpaired) electrons. The second-order valence-electron chi connectivity index (χ2n) is 4.73. The van der Waals surface area contributed by atoms with Crippen molar-refractivity contribution in [1.29, 1.82) is 0 Å². The molecule has 0 saturated heterocycles. The van der Waals surface area contributed by atoms with Gasteiger partial charge in [0.1, 0.15) is 0 Å². The Balaban J connectivity index is 3.48. The minimum Gasteiger partial charge on any atom is -0.396 e. The lowest BCUT2D eigenvalue weighted by Crippen LogP contribution is -2.40. The number of aliphatic hydroxyl groups is 1. The van der Waals surface area contributed by atoms with E-state index in [0.717, 1.165) is 12.8 Å². The number of hydrogen-bond acceptors (Lipinski definition) is 2. The molecule has 0 atom stereocenters. The summed E-state index contributed by atoms with van der Waals surface area (Å²) in [5, 5.41) is 8.63. The third-order valence-electron chi connectivity index (χ3n) is 3.30. The van der Waals surface area contributed by atoms with E-state index in [0.29, 0.717) is 12.1 Å². The number of aliphatic hydroxyl groups excluding tert-OH is 1. The van der Waals surface area contributed by atoms with Crippen LogP contribution in [0.4, 0.5) is 0 Å². The van der Waals surface area contributed by atoms with Crippen LogP contribution in [0.5, 0.6) is 0 Å². The smallest absolute Gasteiger partial charge is 0.0431 e. The van der Waals surface area contributed by atoms with Crippen molar-refractivity contribution in [3.8, 4) is 0 Å². The van der Waals surface area contributed by atoms with Crippen molar-refractivity contribution in [2.75, 3.05) is 20.2 Å². The van der Waals surface area contributed by atoms with Crippen LogP contribution < -0.4 is 0 Å². The van der Waals surface area contributed by atoms with E-state index in [2.05, 4.69) is 32.7 Å². The SMILES string of the molecule is CCC(C)(C)N(C)CCCCCCO. The monoisotopic (exact) mass is 201 g/mol. The summed E-state index contributed by atoms with van der Waals surface area (Å²) in [4.78, 5) is 2.44. The molecular weight excluding hydrogens is 174 g/mol. The van der Waals surface area contributed by atoms with Gasteiger partial charge in [-0.15, -0.1) is 0 Å². The maximum absolute atomic E-state index is 8.63. The van der Waals surface area contributed by atoms with Crippen LogP contribution in [-0.2, 0) is 0 Å². The topological polar surface area (TPSA) is 23.5 Å². The first-order valence-electron chi connectivity index (χ1n) is 5.86. The van der Waals surface area contributed by atoms with Crippen LogP contribution in [0.3, 0.4) is 0 Å². The van der Waals surface area contributed by atoms with Crippen LogP contribution in [0.1, 0.15) is 52.9 Å². The third kappa shape index (κ3) is 5.61. The van der Waals surface area contributed by atoms with E-state index < -0.39 is 0 Å². The van der Waals surface area contributed by atoms with Gasteiger partial charge in [-0.2, -0.15) is 0 Å². The molecule has 0 rings (SSSR count). The van der Waals surface area contributed by atoms with Crippen LogP contribution in [0.2, 0.25) is 0 Å². The molecule has 0 aromatic rings. The number of unbranched alkanes of at least 4 members (excludes halogenated alkanes) is 3. The Morgan fingerprint density at radius 1 is 1.07 bits per heavy atom. The van der Waals surface area contributed by atoms with Crippen LogP contribution in [0, 0.1) is 0 Å². The van der Waals surface area contributed by atoms with Crippen molar-refractivity contribution >= 4 is 0 Å². The molecule has 0 aliphatic carbocycles. The van der Waals surface area contributed by atoms with E-state index in [1.54, 1.807) is 0 Å². The lowest BCUT2D eigenvalue weighted by Gasteiger charge is -2.34. The van der Waals surface area contributed by atoms with E-state index >= 15 is 0 Å². The molecule has 86 valence electrons. The van der Waals surface area contributed by atoms with Crippen molar-refractivity contribution in [2.45, 2.75) is 58.4 Å². The highest BCUT2D eigenvalue weighted by Gasteiger charge is 2.19. The molecule has 14 heavy (non-hydrogen) atoms. The lowest BCUT2D eigenvalue weighted by molar-refractivity contribution is 0.148. The standard InChI is InChI=1S/C12H27NO/c1-5-12(2,3)13(4)10-8-6-7-9-11-14/h14H,5-11H2,1-4H3. The van der Waals surface area contributed by atoms with Gasteiger partial charge in [-0.05, 0) is 46.7 Å². The largest absolute Gasteiger partial charge is 0.396 e. The Morgan fingerprint density at radius 3 is 2.14 bits per heavy atom. The fourth-order valence-corrected chi connectivity index (χ4v) is 1.39. The zero-order valence-electron chi connectivity index (χ0n) is 10.3. The average Bonchev–Trinajstić information content (AvgIpc) is 2.17. The van der Waals surface area contributed by atoms with E-state index in [4.69, 9.17) is 5.11 Å². The summed E-state index contributed by atoms with van der Waals surface area (Å²) in [5.41, 5.74) is 0.330. The minimum atomic E-state index is 0.330. The summed E-state index contributed by atoms with van der Waals surface area (Å²) in [6, 6.07) is 0.